The number of carbonyl (C=O) groups is 1. The molecule has 2 N–H and O–H groups in total. The van der Waals surface area contributed by atoms with Gasteiger partial charge in [0.05, 0.1) is 11.1 Å². The molecule has 2 rings (SSSR count). The smallest absolute Gasteiger partial charge is 0.336 e. The summed E-state index contributed by atoms with van der Waals surface area (Å²) in [7, 11) is 1.52. The molecule has 0 radical (unpaired) electrons. The summed E-state index contributed by atoms with van der Waals surface area (Å²) in [5.41, 5.74) is -0.0847. The molecule has 16 heavy (non-hydrogen) atoms. The number of hydrogen-bond acceptors (Lipinski definition) is 3. The van der Waals surface area contributed by atoms with Crippen molar-refractivity contribution in [2.75, 3.05) is 0 Å². The molecule has 0 saturated carbocycles. The number of aromatic hydroxyl groups is 1. The fourth-order valence-corrected chi connectivity index (χ4v) is 1.62. The number of rotatable bonds is 1. The SMILES string of the molecule is Cn1c(=O)cc(C(=O)O)c2ccc(O)cc21. The van der Waals surface area contributed by atoms with Crippen LogP contribution in [0, 0.1) is 0 Å². The molecule has 0 aliphatic heterocycles. The van der Waals surface area contributed by atoms with E-state index >= 15 is 0 Å². The summed E-state index contributed by atoms with van der Waals surface area (Å²) in [6.45, 7) is 0. The van der Waals surface area contributed by atoms with Crippen LogP contribution < -0.4 is 5.56 Å². The lowest BCUT2D eigenvalue weighted by molar-refractivity contribution is 0.0698. The lowest BCUT2D eigenvalue weighted by atomic mass is 10.1. The highest BCUT2D eigenvalue weighted by molar-refractivity contribution is 6.02. The van der Waals surface area contributed by atoms with Crippen LogP contribution in [0.5, 0.6) is 5.75 Å². The molecule has 1 aromatic heterocycles. The van der Waals surface area contributed by atoms with E-state index in [9.17, 15) is 14.7 Å². The lowest BCUT2D eigenvalue weighted by Crippen LogP contribution is -2.18. The van der Waals surface area contributed by atoms with Crippen molar-refractivity contribution in [3.8, 4) is 5.75 Å². The van der Waals surface area contributed by atoms with Crippen LogP contribution >= 0.6 is 0 Å². The molecule has 0 spiro atoms. The van der Waals surface area contributed by atoms with Crippen LogP contribution in [0.3, 0.4) is 0 Å². The zero-order valence-corrected chi connectivity index (χ0v) is 8.47. The van der Waals surface area contributed by atoms with Crippen LogP contribution in [-0.4, -0.2) is 20.7 Å². The van der Waals surface area contributed by atoms with Gasteiger partial charge in [-0.15, -0.1) is 0 Å². The first kappa shape index (κ1) is 10.2. The van der Waals surface area contributed by atoms with E-state index in [1.165, 1.54) is 29.8 Å². The van der Waals surface area contributed by atoms with E-state index in [0.717, 1.165) is 6.07 Å². The Balaban J connectivity index is 3.01. The monoisotopic (exact) mass is 219 g/mol. The summed E-state index contributed by atoms with van der Waals surface area (Å²) in [6, 6.07) is 5.30. The van der Waals surface area contributed by atoms with E-state index in [4.69, 9.17) is 5.11 Å². The van der Waals surface area contributed by atoms with Gasteiger partial charge >= 0.3 is 5.97 Å². The van der Waals surface area contributed by atoms with Gasteiger partial charge in [0.25, 0.3) is 5.56 Å². The Labute approximate surface area is 90.2 Å². The van der Waals surface area contributed by atoms with Crippen molar-refractivity contribution in [2.45, 2.75) is 0 Å². The van der Waals surface area contributed by atoms with Crippen LogP contribution in [0.4, 0.5) is 0 Å². The highest BCUT2D eigenvalue weighted by Crippen LogP contribution is 2.21. The maximum absolute atomic E-state index is 11.5. The third-order valence-electron chi connectivity index (χ3n) is 2.46. The number of benzene rings is 1. The Morgan fingerprint density at radius 2 is 2.00 bits per heavy atom. The Kier molecular flexibility index (Phi) is 2.16. The summed E-state index contributed by atoms with van der Waals surface area (Å²) in [4.78, 5) is 22.4. The number of aromatic carboxylic acids is 1. The van der Waals surface area contributed by atoms with Gasteiger partial charge < -0.3 is 14.8 Å². The molecular formula is C11H9NO4. The van der Waals surface area contributed by atoms with Crippen LogP contribution in [0.15, 0.2) is 29.1 Å². The van der Waals surface area contributed by atoms with Gasteiger partial charge in [0, 0.05) is 24.6 Å². The molecule has 0 unspecified atom stereocenters. The van der Waals surface area contributed by atoms with Gasteiger partial charge in [0.1, 0.15) is 5.75 Å². The summed E-state index contributed by atoms with van der Waals surface area (Å²) in [5, 5.41) is 18.7. The van der Waals surface area contributed by atoms with Gasteiger partial charge in [-0.3, -0.25) is 4.79 Å². The second-order valence-electron chi connectivity index (χ2n) is 3.46. The molecule has 82 valence electrons. The standard InChI is InChI=1S/C11H9NO4/c1-12-9-4-6(13)2-3-7(9)8(11(15)16)5-10(12)14/h2-5,13H,1H3,(H,15,16). The van der Waals surface area contributed by atoms with Gasteiger partial charge in [-0.1, -0.05) is 0 Å². The van der Waals surface area contributed by atoms with E-state index in [0.29, 0.717) is 10.9 Å². The van der Waals surface area contributed by atoms with Crippen LogP contribution in [0.1, 0.15) is 10.4 Å². The van der Waals surface area contributed by atoms with Crippen molar-refractivity contribution in [1.82, 2.24) is 4.57 Å². The van der Waals surface area contributed by atoms with Gasteiger partial charge in [-0.2, -0.15) is 0 Å². The van der Waals surface area contributed by atoms with E-state index in [1.807, 2.05) is 0 Å². The van der Waals surface area contributed by atoms with Crippen LogP contribution in [0.25, 0.3) is 10.9 Å². The number of aryl methyl sites for hydroxylation is 1. The van der Waals surface area contributed by atoms with Crippen molar-refractivity contribution in [3.63, 3.8) is 0 Å². The molecule has 2 aromatic rings. The van der Waals surface area contributed by atoms with Crippen molar-refractivity contribution >= 4 is 16.9 Å². The number of fused-ring (bicyclic) bond motifs is 1. The van der Waals surface area contributed by atoms with E-state index in [2.05, 4.69) is 0 Å². The van der Waals surface area contributed by atoms with Gasteiger partial charge in [0.15, 0.2) is 0 Å². The van der Waals surface area contributed by atoms with Gasteiger partial charge in [-0.25, -0.2) is 4.79 Å². The summed E-state index contributed by atoms with van der Waals surface area (Å²) in [5.74, 6) is -1.17. The number of aromatic nitrogens is 1. The molecule has 0 amide bonds. The summed E-state index contributed by atoms with van der Waals surface area (Å²) >= 11 is 0. The molecule has 1 aromatic carbocycles. The Morgan fingerprint density at radius 3 is 2.62 bits per heavy atom. The first-order valence-electron chi connectivity index (χ1n) is 4.57. The number of hydrogen-bond donors (Lipinski definition) is 2. The third-order valence-corrected chi connectivity index (χ3v) is 2.46. The van der Waals surface area contributed by atoms with E-state index < -0.39 is 11.5 Å². The van der Waals surface area contributed by atoms with E-state index in [1.54, 1.807) is 0 Å². The fourth-order valence-electron chi connectivity index (χ4n) is 1.62. The predicted molar refractivity (Wildman–Crippen MR) is 57.8 cm³/mol. The number of carboxylic acids is 1. The van der Waals surface area contributed by atoms with E-state index in [-0.39, 0.29) is 11.3 Å². The number of carboxylic acid groups (broad SMARTS) is 1. The fraction of sp³-hybridized carbons (Fsp3) is 0.0909. The largest absolute Gasteiger partial charge is 0.508 e. The second-order valence-corrected chi connectivity index (χ2v) is 3.46. The zero-order valence-electron chi connectivity index (χ0n) is 8.47. The lowest BCUT2D eigenvalue weighted by Gasteiger charge is -2.07. The molecule has 0 fully saturated rings. The minimum atomic E-state index is -1.16. The van der Waals surface area contributed by atoms with Crippen LogP contribution in [0.2, 0.25) is 0 Å². The highest BCUT2D eigenvalue weighted by Gasteiger charge is 2.12. The Hall–Kier alpha value is -2.30. The van der Waals surface area contributed by atoms with Crippen molar-refractivity contribution in [1.29, 1.82) is 0 Å². The molecular weight excluding hydrogens is 210 g/mol. The summed E-state index contributed by atoms with van der Waals surface area (Å²) in [6.07, 6.45) is 0. The minimum Gasteiger partial charge on any atom is -0.508 e. The zero-order chi connectivity index (χ0) is 11.9. The quantitative estimate of drug-likeness (QED) is 0.748. The minimum absolute atomic E-state index is 0.00922. The molecule has 5 nitrogen and oxygen atoms in total. The maximum atomic E-state index is 11.5. The first-order chi connectivity index (χ1) is 7.50. The number of nitrogens with zero attached hydrogens (tertiary/aromatic N) is 1. The highest BCUT2D eigenvalue weighted by atomic mass is 16.4. The van der Waals surface area contributed by atoms with Gasteiger partial charge in [0.2, 0.25) is 0 Å². The van der Waals surface area contributed by atoms with Crippen molar-refractivity contribution in [2.24, 2.45) is 7.05 Å². The molecule has 0 aliphatic rings. The number of pyridine rings is 1. The average Bonchev–Trinajstić information content (AvgIpc) is 2.23. The summed E-state index contributed by atoms with van der Waals surface area (Å²) < 4.78 is 1.29. The Bertz CT molecular complexity index is 642. The van der Waals surface area contributed by atoms with Crippen LogP contribution in [-0.2, 0) is 7.05 Å². The Morgan fingerprint density at radius 1 is 1.31 bits per heavy atom. The molecule has 1 heterocycles. The second kappa shape index (κ2) is 3.37. The topological polar surface area (TPSA) is 79.5 Å². The normalized spacial score (nSPS) is 10.6. The first-order valence-corrected chi connectivity index (χ1v) is 4.57. The number of phenolic OH excluding ortho intramolecular Hbond substituents is 1. The number of phenols is 1. The predicted octanol–water partition coefficient (Wildman–Crippen LogP) is 0.942. The molecule has 0 bridgehead atoms. The molecule has 5 heteroatoms. The molecule has 0 aliphatic carbocycles. The van der Waals surface area contributed by atoms with Crippen molar-refractivity contribution in [3.05, 3.63) is 40.2 Å². The maximum Gasteiger partial charge on any atom is 0.336 e. The average molecular weight is 219 g/mol. The molecule has 0 atom stereocenters. The van der Waals surface area contributed by atoms with Gasteiger partial charge in [-0.05, 0) is 12.1 Å². The molecule has 0 saturated heterocycles. The van der Waals surface area contributed by atoms with Crippen molar-refractivity contribution < 1.29 is 15.0 Å². The third kappa shape index (κ3) is 1.42.